The summed E-state index contributed by atoms with van der Waals surface area (Å²) in [7, 11) is -4.61. The molecular weight excluding hydrogens is 335 g/mol. The van der Waals surface area contributed by atoms with Gasteiger partial charge in [0, 0.05) is 6.42 Å². The maximum atomic E-state index is 11.5. The number of rotatable bonds is 16. The van der Waals surface area contributed by atoms with Crippen molar-refractivity contribution in [1.29, 1.82) is 0 Å². The lowest BCUT2D eigenvalue weighted by Gasteiger charge is -2.12. The highest BCUT2D eigenvalue weighted by Gasteiger charge is 2.17. The van der Waals surface area contributed by atoms with Gasteiger partial charge in [-0.2, -0.15) is 0 Å². The van der Waals surface area contributed by atoms with Gasteiger partial charge in [-0.05, 0) is 6.42 Å². The second-order valence-electron chi connectivity index (χ2n) is 6.06. The summed E-state index contributed by atoms with van der Waals surface area (Å²) in [6, 6.07) is 0. The zero-order valence-corrected chi connectivity index (χ0v) is 15.6. The Hall–Kier alpha value is -0.460. The Kier molecular flexibility index (Phi) is 14.6. The second kappa shape index (κ2) is 14.8. The van der Waals surface area contributed by atoms with Crippen LogP contribution < -0.4 is 0 Å². The van der Waals surface area contributed by atoms with Gasteiger partial charge in [0.1, 0.15) is 12.7 Å². The molecule has 0 aliphatic carbocycles. The Labute approximate surface area is 145 Å². The van der Waals surface area contributed by atoms with Crippen LogP contribution >= 0.6 is 7.82 Å². The fourth-order valence-corrected chi connectivity index (χ4v) is 2.62. The first kappa shape index (κ1) is 23.5. The number of unbranched alkanes of at least 4 members (excludes halogenated alkanes) is 9. The number of carbonyl (C=O) groups is 1. The number of aliphatic hydroxyl groups excluding tert-OH is 1. The topological polar surface area (TPSA) is 113 Å². The van der Waals surface area contributed by atoms with Gasteiger partial charge in [-0.15, -0.1) is 0 Å². The zero-order chi connectivity index (χ0) is 18.3. The summed E-state index contributed by atoms with van der Waals surface area (Å²) in [6.07, 6.45) is 10.9. The quantitative estimate of drug-likeness (QED) is 0.218. The fourth-order valence-electron chi connectivity index (χ4n) is 2.25. The van der Waals surface area contributed by atoms with E-state index in [0.717, 1.165) is 19.3 Å². The minimum Gasteiger partial charge on any atom is -0.463 e. The fraction of sp³-hybridized carbons (Fsp3) is 0.938. The molecule has 0 radical (unpaired) electrons. The van der Waals surface area contributed by atoms with Crippen molar-refractivity contribution in [3.8, 4) is 0 Å². The average molecular weight is 368 g/mol. The van der Waals surface area contributed by atoms with E-state index < -0.39 is 26.5 Å². The number of ether oxygens (including phenoxy) is 1. The molecule has 0 amide bonds. The number of esters is 1. The molecule has 0 saturated heterocycles. The monoisotopic (exact) mass is 368 g/mol. The summed E-state index contributed by atoms with van der Waals surface area (Å²) in [5.41, 5.74) is 0. The third-order valence-electron chi connectivity index (χ3n) is 3.61. The lowest BCUT2D eigenvalue weighted by molar-refractivity contribution is -0.147. The molecule has 0 saturated carbocycles. The summed E-state index contributed by atoms with van der Waals surface area (Å²) >= 11 is 0. The van der Waals surface area contributed by atoms with E-state index in [9.17, 15) is 14.5 Å². The molecule has 0 aromatic heterocycles. The number of aliphatic hydroxyl groups is 1. The Morgan fingerprint density at radius 1 is 0.917 bits per heavy atom. The van der Waals surface area contributed by atoms with Crippen LogP contribution in [0.25, 0.3) is 0 Å². The first-order valence-electron chi connectivity index (χ1n) is 8.89. The average Bonchev–Trinajstić information content (AvgIpc) is 2.52. The van der Waals surface area contributed by atoms with E-state index in [1.807, 2.05) is 0 Å². The largest absolute Gasteiger partial charge is 0.469 e. The first-order valence-corrected chi connectivity index (χ1v) is 10.4. The Morgan fingerprint density at radius 3 is 1.92 bits per heavy atom. The molecule has 0 rings (SSSR count). The summed E-state index contributed by atoms with van der Waals surface area (Å²) in [5, 5.41) is 9.36. The van der Waals surface area contributed by atoms with E-state index in [0.29, 0.717) is 6.42 Å². The highest BCUT2D eigenvalue weighted by atomic mass is 31.2. The van der Waals surface area contributed by atoms with E-state index in [4.69, 9.17) is 14.5 Å². The molecule has 0 aliphatic heterocycles. The molecule has 0 aromatic carbocycles. The molecule has 0 unspecified atom stereocenters. The van der Waals surface area contributed by atoms with Gasteiger partial charge in [-0.3, -0.25) is 9.32 Å². The van der Waals surface area contributed by atoms with Crippen molar-refractivity contribution in [2.75, 3.05) is 13.2 Å². The molecule has 1 atom stereocenters. The molecule has 0 fully saturated rings. The van der Waals surface area contributed by atoms with Gasteiger partial charge in [0.25, 0.3) is 0 Å². The van der Waals surface area contributed by atoms with Gasteiger partial charge >= 0.3 is 13.8 Å². The van der Waals surface area contributed by atoms with Crippen LogP contribution in [0.1, 0.15) is 77.6 Å². The summed E-state index contributed by atoms with van der Waals surface area (Å²) in [5.74, 6) is -0.412. The van der Waals surface area contributed by atoms with Crippen molar-refractivity contribution < 1.29 is 33.5 Å². The molecule has 0 spiro atoms. The Morgan fingerprint density at radius 2 is 1.42 bits per heavy atom. The van der Waals surface area contributed by atoms with Gasteiger partial charge in [0.2, 0.25) is 0 Å². The maximum absolute atomic E-state index is 11.5. The molecule has 7 nitrogen and oxygen atoms in total. The predicted molar refractivity (Wildman–Crippen MR) is 91.4 cm³/mol. The number of phosphoric acid groups is 1. The number of hydrogen-bond donors (Lipinski definition) is 3. The molecule has 0 aromatic rings. The van der Waals surface area contributed by atoms with Crippen molar-refractivity contribution in [3.63, 3.8) is 0 Å². The van der Waals surface area contributed by atoms with Crippen molar-refractivity contribution in [3.05, 3.63) is 0 Å². The minimum atomic E-state index is -4.61. The highest BCUT2D eigenvalue weighted by Crippen LogP contribution is 2.35. The van der Waals surface area contributed by atoms with E-state index in [-0.39, 0.29) is 6.61 Å². The summed E-state index contributed by atoms with van der Waals surface area (Å²) in [6.45, 7) is 1.31. The molecule has 24 heavy (non-hydrogen) atoms. The lowest BCUT2D eigenvalue weighted by Crippen LogP contribution is -2.23. The molecule has 0 aliphatic rings. The summed E-state index contributed by atoms with van der Waals surface area (Å²) in [4.78, 5) is 28.4. The van der Waals surface area contributed by atoms with E-state index in [2.05, 4.69) is 11.4 Å². The zero-order valence-electron chi connectivity index (χ0n) is 14.7. The van der Waals surface area contributed by atoms with Gasteiger partial charge in [-0.1, -0.05) is 64.7 Å². The smallest absolute Gasteiger partial charge is 0.463 e. The van der Waals surface area contributed by atoms with Gasteiger partial charge in [-0.25, -0.2) is 4.57 Å². The van der Waals surface area contributed by atoms with Crippen LogP contribution in [0, 0.1) is 0 Å². The SMILES string of the molecule is CCCCCCCCCCCCC(=O)OC[C@H](O)COP(=O)(O)O. The van der Waals surface area contributed by atoms with Crippen molar-refractivity contribution in [1.82, 2.24) is 0 Å². The van der Waals surface area contributed by atoms with Crippen LogP contribution in [0.4, 0.5) is 0 Å². The highest BCUT2D eigenvalue weighted by molar-refractivity contribution is 7.46. The third-order valence-corrected chi connectivity index (χ3v) is 4.09. The molecule has 0 heterocycles. The number of hydrogen-bond acceptors (Lipinski definition) is 5. The van der Waals surface area contributed by atoms with E-state index in [1.165, 1.54) is 44.9 Å². The molecule has 144 valence electrons. The van der Waals surface area contributed by atoms with Gasteiger partial charge in [0.15, 0.2) is 0 Å². The van der Waals surface area contributed by atoms with Gasteiger partial charge in [0.05, 0.1) is 6.61 Å². The molecule has 8 heteroatoms. The van der Waals surface area contributed by atoms with Crippen LogP contribution in [0.15, 0.2) is 0 Å². The molecular formula is C16H33O7P. The first-order chi connectivity index (χ1) is 11.3. The normalized spacial score (nSPS) is 13.0. The van der Waals surface area contributed by atoms with Crippen molar-refractivity contribution >= 4 is 13.8 Å². The third kappa shape index (κ3) is 17.9. The van der Waals surface area contributed by atoms with E-state index in [1.54, 1.807) is 0 Å². The van der Waals surface area contributed by atoms with Crippen molar-refractivity contribution in [2.24, 2.45) is 0 Å². The second-order valence-corrected chi connectivity index (χ2v) is 7.29. The maximum Gasteiger partial charge on any atom is 0.469 e. The minimum absolute atomic E-state index is 0.294. The van der Waals surface area contributed by atoms with Gasteiger partial charge < -0.3 is 19.6 Å². The van der Waals surface area contributed by atoms with Crippen LogP contribution in [-0.2, 0) is 18.6 Å². The van der Waals surface area contributed by atoms with Crippen molar-refractivity contribution in [2.45, 2.75) is 83.7 Å². The Bertz CT molecular complexity index is 356. The molecule has 3 N–H and O–H groups in total. The lowest BCUT2D eigenvalue weighted by atomic mass is 10.1. The molecule has 0 bridgehead atoms. The number of carbonyl (C=O) groups excluding carboxylic acids is 1. The van der Waals surface area contributed by atoms with Crippen LogP contribution in [-0.4, -0.2) is 40.2 Å². The van der Waals surface area contributed by atoms with Crippen LogP contribution in [0.5, 0.6) is 0 Å². The van der Waals surface area contributed by atoms with Crippen LogP contribution in [0.3, 0.4) is 0 Å². The standard InChI is InChI=1S/C16H33O7P/c1-2-3-4-5-6-7-8-9-10-11-12-16(18)22-13-15(17)14-23-24(19,20)21/h15,17H,2-14H2,1H3,(H2,19,20,21)/t15-/m0/s1. The van der Waals surface area contributed by atoms with E-state index >= 15 is 0 Å². The summed E-state index contributed by atoms with van der Waals surface area (Å²) < 4.78 is 19.4. The predicted octanol–water partition coefficient (Wildman–Crippen LogP) is 3.31. The van der Waals surface area contributed by atoms with Crippen LogP contribution in [0.2, 0.25) is 0 Å². The Balaban J connectivity index is 3.39. The number of phosphoric ester groups is 1.